The average Bonchev–Trinajstić information content (AvgIpc) is 3.35. The predicted molar refractivity (Wildman–Crippen MR) is 297 cm³/mol. The first-order valence-corrected chi connectivity index (χ1v) is 28.8. The summed E-state index contributed by atoms with van der Waals surface area (Å²) < 4.78 is 16.8. The van der Waals surface area contributed by atoms with Crippen LogP contribution in [0.2, 0.25) is 0 Å². The van der Waals surface area contributed by atoms with Crippen molar-refractivity contribution in [1.29, 1.82) is 0 Å². The number of rotatable bonds is 51. The molecule has 69 heavy (non-hydrogen) atoms. The molecule has 0 aliphatic heterocycles. The summed E-state index contributed by atoms with van der Waals surface area (Å²) in [6.07, 6.45) is 75.3. The molecule has 0 aliphatic carbocycles. The third-order valence-corrected chi connectivity index (χ3v) is 12.1. The van der Waals surface area contributed by atoms with E-state index in [1.165, 1.54) is 103 Å². The van der Waals surface area contributed by atoms with Crippen molar-refractivity contribution in [2.24, 2.45) is 0 Å². The third-order valence-electron chi connectivity index (χ3n) is 12.1. The zero-order valence-electron chi connectivity index (χ0n) is 45.0. The Morgan fingerprint density at radius 3 is 1.01 bits per heavy atom. The fourth-order valence-corrected chi connectivity index (χ4v) is 7.82. The van der Waals surface area contributed by atoms with Crippen LogP contribution in [0.3, 0.4) is 0 Å². The van der Waals surface area contributed by atoms with Crippen molar-refractivity contribution in [3.05, 3.63) is 97.2 Å². The fourth-order valence-electron chi connectivity index (χ4n) is 7.82. The van der Waals surface area contributed by atoms with Crippen LogP contribution >= 0.6 is 0 Å². The molecule has 0 radical (unpaired) electrons. The minimum atomic E-state index is -0.802. The highest BCUT2D eigenvalue weighted by atomic mass is 16.6. The van der Waals surface area contributed by atoms with Crippen LogP contribution in [0.5, 0.6) is 0 Å². The summed E-state index contributed by atoms with van der Waals surface area (Å²) >= 11 is 0. The van der Waals surface area contributed by atoms with Gasteiger partial charge in [-0.05, 0) is 89.9 Å². The second kappa shape index (κ2) is 56.9. The normalized spacial score (nSPS) is 12.8. The Morgan fingerprint density at radius 2 is 0.623 bits per heavy atom. The van der Waals surface area contributed by atoms with Crippen molar-refractivity contribution in [3.63, 3.8) is 0 Å². The standard InChI is InChI=1S/C63H106O6/c1-4-7-10-13-16-19-22-25-28-30-32-34-35-38-41-44-47-50-53-56-62(65)68-59-60(58-67-61(64)55-52-49-46-43-40-37-27-24-21-18-15-12-9-6-3)69-63(66)57-54-51-48-45-42-39-36-33-31-29-26-23-20-17-14-11-8-5-2/h7,10,16,19,23,25-26,28-29,31-34,36,38,41,60H,4-6,8-9,11-15,17-18,20-22,24,27,30,35,37,39-40,42-59H2,1-3H3/b10-7-,19-16-,26-23-,28-25-,31-29-,34-32-,36-33-,41-38-. The number of carbonyl (C=O) groups is 3. The lowest BCUT2D eigenvalue weighted by atomic mass is 10.0. The van der Waals surface area contributed by atoms with E-state index in [2.05, 4.69) is 118 Å². The highest BCUT2D eigenvalue weighted by Crippen LogP contribution is 2.15. The van der Waals surface area contributed by atoms with Crippen LogP contribution in [0.4, 0.5) is 0 Å². The van der Waals surface area contributed by atoms with Crippen LogP contribution in [0.25, 0.3) is 0 Å². The molecule has 0 fully saturated rings. The fraction of sp³-hybridized carbons (Fsp3) is 0.698. The van der Waals surface area contributed by atoms with Gasteiger partial charge in [0.15, 0.2) is 6.10 Å². The Bertz CT molecular complexity index is 1380. The van der Waals surface area contributed by atoms with Crippen LogP contribution in [0.15, 0.2) is 97.2 Å². The molecule has 0 saturated carbocycles. The lowest BCUT2D eigenvalue weighted by Gasteiger charge is -2.18. The van der Waals surface area contributed by atoms with Gasteiger partial charge in [-0.25, -0.2) is 0 Å². The molecule has 1 atom stereocenters. The Kier molecular flexibility index (Phi) is 53.9. The van der Waals surface area contributed by atoms with E-state index in [-0.39, 0.29) is 31.1 Å². The van der Waals surface area contributed by atoms with E-state index in [0.717, 1.165) is 122 Å². The maximum atomic E-state index is 12.9. The van der Waals surface area contributed by atoms with Crippen molar-refractivity contribution in [1.82, 2.24) is 0 Å². The Hall–Kier alpha value is -3.67. The van der Waals surface area contributed by atoms with Gasteiger partial charge in [0.25, 0.3) is 0 Å². The second-order valence-electron chi connectivity index (χ2n) is 18.9. The predicted octanol–water partition coefficient (Wildman–Crippen LogP) is 19.3. The summed E-state index contributed by atoms with van der Waals surface area (Å²) in [6, 6.07) is 0. The number of esters is 3. The zero-order chi connectivity index (χ0) is 50.0. The number of hydrogen-bond donors (Lipinski definition) is 0. The number of ether oxygens (including phenoxy) is 3. The molecule has 0 rings (SSSR count). The molecule has 0 bridgehead atoms. The Labute approximate surface area is 426 Å². The molecule has 0 aromatic heterocycles. The van der Waals surface area contributed by atoms with Gasteiger partial charge in [-0.15, -0.1) is 0 Å². The quantitative estimate of drug-likeness (QED) is 0.0199. The van der Waals surface area contributed by atoms with Gasteiger partial charge in [-0.3, -0.25) is 14.4 Å². The van der Waals surface area contributed by atoms with Crippen molar-refractivity contribution >= 4 is 17.9 Å². The van der Waals surface area contributed by atoms with Gasteiger partial charge in [-0.1, -0.05) is 253 Å². The molecule has 0 spiro atoms. The van der Waals surface area contributed by atoms with Gasteiger partial charge < -0.3 is 14.2 Å². The maximum Gasteiger partial charge on any atom is 0.306 e. The van der Waals surface area contributed by atoms with E-state index in [1.54, 1.807) is 0 Å². The van der Waals surface area contributed by atoms with Crippen LogP contribution < -0.4 is 0 Å². The van der Waals surface area contributed by atoms with Crippen LogP contribution in [-0.4, -0.2) is 37.2 Å². The van der Waals surface area contributed by atoms with E-state index < -0.39 is 6.10 Å². The molecule has 394 valence electrons. The molecule has 0 aliphatic rings. The first kappa shape index (κ1) is 65.3. The largest absolute Gasteiger partial charge is 0.462 e. The summed E-state index contributed by atoms with van der Waals surface area (Å²) in [5.41, 5.74) is 0. The van der Waals surface area contributed by atoms with Gasteiger partial charge in [0.2, 0.25) is 0 Å². The molecule has 0 heterocycles. The highest BCUT2D eigenvalue weighted by Gasteiger charge is 2.19. The lowest BCUT2D eigenvalue weighted by molar-refractivity contribution is -0.167. The molecule has 6 nitrogen and oxygen atoms in total. The minimum absolute atomic E-state index is 0.0954. The number of hydrogen-bond acceptors (Lipinski definition) is 6. The van der Waals surface area contributed by atoms with E-state index >= 15 is 0 Å². The summed E-state index contributed by atoms with van der Waals surface area (Å²) in [4.78, 5) is 38.2. The molecular weight excluding hydrogens is 853 g/mol. The van der Waals surface area contributed by atoms with Crippen LogP contribution in [-0.2, 0) is 28.6 Å². The number of allylic oxidation sites excluding steroid dienone is 16. The summed E-state index contributed by atoms with van der Waals surface area (Å²) in [7, 11) is 0. The van der Waals surface area contributed by atoms with Gasteiger partial charge in [0, 0.05) is 19.3 Å². The van der Waals surface area contributed by atoms with Gasteiger partial charge >= 0.3 is 17.9 Å². The first-order valence-electron chi connectivity index (χ1n) is 28.8. The zero-order valence-corrected chi connectivity index (χ0v) is 45.0. The smallest absolute Gasteiger partial charge is 0.306 e. The summed E-state index contributed by atoms with van der Waals surface area (Å²) in [5, 5.41) is 0. The third kappa shape index (κ3) is 55.1. The molecule has 1 unspecified atom stereocenters. The monoisotopic (exact) mass is 959 g/mol. The average molecular weight is 960 g/mol. The summed E-state index contributed by atoms with van der Waals surface area (Å²) in [6.45, 7) is 6.48. The van der Waals surface area contributed by atoms with Crippen LogP contribution in [0, 0.1) is 0 Å². The molecule has 6 heteroatoms. The first-order chi connectivity index (χ1) is 34.0. The van der Waals surface area contributed by atoms with Crippen molar-refractivity contribution in [2.75, 3.05) is 13.2 Å². The van der Waals surface area contributed by atoms with Crippen molar-refractivity contribution in [3.8, 4) is 0 Å². The maximum absolute atomic E-state index is 12.9. The molecule has 0 aromatic carbocycles. The molecule has 0 aromatic rings. The van der Waals surface area contributed by atoms with E-state index in [9.17, 15) is 14.4 Å². The van der Waals surface area contributed by atoms with E-state index in [0.29, 0.717) is 19.3 Å². The topological polar surface area (TPSA) is 78.9 Å². The van der Waals surface area contributed by atoms with E-state index in [4.69, 9.17) is 14.2 Å². The molecule has 0 amide bonds. The molecule has 0 N–H and O–H groups in total. The number of carbonyl (C=O) groups excluding carboxylic acids is 3. The highest BCUT2D eigenvalue weighted by molar-refractivity contribution is 5.71. The Balaban J connectivity index is 4.49. The van der Waals surface area contributed by atoms with Gasteiger partial charge in [0.05, 0.1) is 0 Å². The second-order valence-corrected chi connectivity index (χ2v) is 18.9. The Morgan fingerprint density at radius 1 is 0.319 bits per heavy atom. The minimum Gasteiger partial charge on any atom is -0.462 e. The van der Waals surface area contributed by atoms with Gasteiger partial charge in [0.1, 0.15) is 13.2 Å². The van der Waals surface area contributed by atoms with Crippen molar-refractivity contribution in [2.45, 2.75) is 271 Å². The lowest BCUT2D eigenvalue weighted by Crippen LogP contribution is -2.30. The molecular formula is C63H106O6. The van der Waals surface area contributed by atoms with E-state index in [1.807, 2.05) is 0 Å². The summed E-state index contributed by atoms with van der Waals surface area (Å²) in [5.74, 6) is -0.944. The van der Waals surface area contributed by atoms with Crippen molar-refractivity contribution < 1.29 is 28.6 Å². The van der Waals surface area contributed by atoms with Crippen LogP contribution in [0.1, 0.15) is 265 Å². The SMILES string of the molecule is CC/C=C\C/C=C\C/C=C\C/C=C\C/C=C\CCCCCC(=O)OCC(COC(=O)CCCCCCCCCCCCCCCC)OC(=O)CCCCCCC\C=C/C=C\C=C/CCCCCCC. The number of unbranched alkanes of at least 4 members (excludes halogenated alkanes) is 26. The molecule has 0 saturated heterocycles. The van der Waals surface area contributed by atoms with Gasteiger partial charge in [-0.2, -0.15) is 0 Å².